The molecular formula is C23H25N7O2. The average molecular weight is 432 g/mol. The van der Waals surface area contributed by atoms with Crippen LogP contribution >= 0.6 is 0 Å². The third kappa shape index (κ3) is 3.30. The molecule has 1 aliphatic rings. The van der Waals surface area contributed by atoms with Crippen LogP contribution in [0.3, 0.4) is 0 Å². The van der Waals surface area contributed by atoms with Crippen molar-refractivity contribution in [3.63, 3.8) is 0 Å². The Hall–Kier alpha value is -3.75. The van der Waals surface area contributed by atoms with Gasteiger partial charge in [0, 0.05) is 37.3 Å². The van der Waals surface area contributed by atoms with Crippen LogP contribution in [-0.4, -0.2) is 63.2 Å². The van der Waals surface area contributed by atoms with Gasteiger partial charge in [0.05, 0.1) is 29.6 Å². The SMILES string of the molecule is COc1nc(NC2CC(C)(C(=O)N(C)C)C2)nc2[nH]cc(-c3ccc4nnccc4c3)c12. The van der Waals surface area contributed by atoms with E-state index in [1.165, 1.54) is 0 Å². The van der Waals surface area contributed by atoms with Crippen molar-refractivity contribution < 1.29 is 9.53 Å². The molecule has 32 heavy (non-hydrogen) atoms. The number of methoxy groups -OCH3 is 1. The van der Waals surface area contributed by atoms with Gasteiger partial charge in [0.1, 0.15) is 5.65 Å². The zero-order chi connectivity index (χ0) is 22.5. The highest BCUT2D eigenvalue weighted by Gasteiger charge is 2.47. The molecule has 9 heteroatoms. The van der Waals surface area contributed by atoms with E-state index in [0.717, 1.165) is 40.3 Å². The number of benzene rings is 1. The van der Waals surface area contributed by atoms with Crippen molar-refractivity contribution in [3.8, 4) is 17.0 Å². The molecule has 2 N–H and O–H groups in total. The molecule has 1 aliphatic carbocycles. The second-order valence-corrected chi connectivity index (χ2v) is 8.80. The lowest BCUT2D eigenvalue weighted by Crippen LogP contribution is -2.52. The molecule has 0 spiro atoms. The summed E-state index contributed by atoms with van der Waals surface area (Å²) in [5.41, 5.74) is 3.15. The van der Waals surface area contributed by atoms with Crippen LogP contribution < -0.4 is 10.1 Å². The Morgan fingerprint density at radius 2 is 2.06 bits per heavy atom. The predicted octanol–water partition coefficient (Wildman–Crippen LogP) is 3.25. The molecule has 1 fully saturated rings. The number of hydrogen-bond donors (Lipinski definition) is 2. The molecule has 0 bridgehead atoms. The highest BCUT2D eigenvalue weighted by molar-refractivity contribution is 5.99. The zero-order valence-corrected chi connectivity index (χ0v) is 18.5. The summed E-state index contributed by atoms with van der Waals surface area (Å²) in [6.45, 7) is 2.00. The van der Waals surface area contributed by atoms with Crippen molar-refractivity contribution >= 4 is 33.8 Å². The van der Waals surface area contributed by atoms with E-state index >= 15 is 0 Å². The fraction of sp³-hybridized carbons (Fsp3) is 0.348. The van der Waals surface area contributed by atoms with E-state index in [1.807, 2.05) is 31.3 Å². The van der Waals surface area contributed by atoms with Crippen molar-refractivity contribution in [2.24, 2.45) is 5.41 Å². The predicted molar refractivity (Wildman–Crippen MR) is 122 cm³/mol. The Morgan fingerprint density at radius 1 is 1.25 bits per heavy atom. The van der Waals surface area contributed by atoms with Gasteiger partial charge in [0.2, 0.25) is 17.7 Å². The smallest absolute Gasteiger partial charge is 0.228 e. The van der Waals surface area contributed by atoms with Gasteiger partial charge in [-0.25, -0.2) is 0 Å². The molecule has 5 rings (SSSR count). The number of H-pyrrole nitrogens is 1. The number of aromatic amines is 1. The van der Waals surface area contributed by atoms with Crippen LogP contribution in [0.4, 0.5) is 5.95 Å². The van der Waals surface area contributed by atoms with E-state index in [-0.39, 0.29) is 17.4 Å². The van der Waals surface area contributed by atoms with Crippen molar-refractivity contribution in [1.82, 2.24) is 30.0 Å². The first-order valence-corrected chi connectivity index (χ1v) is 10.5. The van der Waals surface area contributed by atoms with Crippen LogP contribution in [0.5, 0.6) is 5.88 Å². The van der Waals surface area contributed by atoms with Crippen LogP contribution in [-0.2, 0) is 4.79 Å². The molecular weight excluding hydrogens is 406 g/mol. The number of amides is 1. The molecule has 3 heterocycles. The van der Waals surface area contributed by atoms with Gasteiger partial charge >= 0.3 is 0 Å². The molecule has 1 aromatic carbocycles. The Labute approximate surface area is 185 Å². The normalized spacial score (nSPS) is 20.2. The van der Waals surface area contributed by atoms with Gasteiger partial charge in [0.25, 0.3) is 0 Å². The summed E-state index contributed by atoms with van der Waals surface area (Å²) in [5.74, 6) is 1.13. The topological polar surface area (TPSA) is 109 Å². The summed E-state index contributed by atoms with van der Waals surface area (Å²) in [5, 5.41) is 13.3. The summed E-state index contributed by atoms with van der Waals surface area (Å²) in [7, 11) is 5.19. The molecule has 164 valence electrons. The monoisotopic (exact) mass is 431 g/mol. The number of aromatic nitrogens is 5. The number of carbonyl (C=O) groups is 1. The van der Waals surface area contributed by atoms with Gasteiger partial charge in [-0.15, -0.1) is 0 Å². The second-order valence-electron chi connectivity index (χ2n) is 8.80. The maximum absolute atomic E-state index is 12.4. The number of nitrogens with zero attached hydrogens (tertiary/aromatic N) is 5. The number of carbonyl (C=O) groups excluding carboxylic acids is 1. The Balaban J connectivity index is 1.44. The molecule has 1 amide bonds. The Morgan fingerprint density at radius 3 is 2.81 bits per heavy atom. The molecule has 0 radical (unpaired) electrons. The molecule has 4 aromatic rings. The molecule has 0 aliphatic heterocycles. The Kier molecular flexibility index (Phi) is 4.69. The molecule has 3 aromatic heterocycles. The third-order valence-electron chi connectivity index (χ3n) is 6.17. The number of anilines is 1. The van der Waals surface area contributed by atoms with E-state index < -0.39 is 0 Å². The summed E-state index contributed by atoms with van der Waals surface area (Å²) < 4.78 is 5.63. The van der Waals surface area contributed by atoms with Crippen molar-refractivity contribution in [2.45, 2.75) is 25.8 Å². The minimum absolute atomic E-state index is 0.141. The van der Waals surface area contributed by atoms with Gasteiger partial charge in [-0.05, 0) is 36.6 Å². The minimum atomic E-state index is -0.338. The molecule has 0 saturated heterocycles. The molecule has 0 unspecified atom stereocenters. The molecule has 1 saturated carbocycles. The van der Waals surface area contributed by atoms with E-state index in [0.29, 0.717) is 17.5 Å². The van der Waals surface area contributed by atoms with Crippen LogP contribution in [0.25, 0.3) is 33.1 Å². The number of rotatable bonds is 5. The first-order valence-electron chi connectivity index (χ1n) is 10.5. The van der Waals surface area contributed by atoms with Crippen molar-refractivity contribution in [1.29, 1.82) is 0 Å². The standard InChI is InChI=1S/C23H25N7O2/c1-23(21(31)30(2)3)10-15(11-23)26-22-27-19-18(20(28-22)32-4)16(12-24-19)13-5-6-17-14(9-13)7-8-25-29-17/h5-9,12,15H,10-11H2,1-4H3,(H2,24,26,27,28). The maximum Gasteiger partial charge on any atom is 0.228 e. The summed E-state index contributed by atoms with van der Waals surface area (Å²) in [6.07, 6.45) is 5.07. The van der Waals surface area contributed by atoms with E-state index in [2.05, 4.69) is 36.5 Å². The summed E-state index contributed by atoms with van der Waals surface area (Å²) in [4.78, 5) is 26.6. The van der Waals surface area contributed by atoms with Crippen molar-refractivity contribution in [3.05, 3.63) is 36.7 Å². The lowest BCUT2D eigenvalue weighted by atomic mass is 9.66. The van der Waals surface area contributed by atoms with Gasteiger partial charge in [-0.1, -0.05) is 13.0 Å². The van der Waals surface area contributed by atoms with Gasteiger partial charge in [-0.3, -0.25) is 4.79 Å². The van der Waals surface area contributed by atoms with Gasteiger partial charge in [-0.2, -0.15) is 20.2 Å². The van der Waals surface area contributed by atoms with E-state index in [9.17, 15) is 4.79 Å². The first kappa shape index (κ1) is 20.2. The Bertz CT molecular complexity index is 1320. The lowest BCUT2D eigenvalue weighted by molar-refractivity contribution is -0.143. The summed E-state index contributed by atoms with van der Waals surface area (Å²) >= 11 is 0. The highest BCUT2D eigenvalue weighted by Crippen LogP contribution is 2.43. The van der Waals surface area contributed by atoms with Crippen LogP contribution in [0, 0.1) is 5.41 Å². The quantitative estimate of drug-likeness (QED) is 0.499. The average Bonchev–Trinajstić information content (AvgIpc) is 3.20. The number of ether oxygens (including phenoxy) is 1. The largest absolute Gasteiger partial charge is 0.480 e. The third-order valence-corrected chi connectivity index (χ3v) is 6.17. The fourth-order valence-corrected chi connectivity index (χ4v) is 4.62. The maximum atomic E-state index is 12.4. The molecule has 0 atom stereocenters. The number of hydrogen-bond acceptors (Lipinski definition) is 7. The zero-order valence-electron chi connectivity index (χ0n) is 18.5. The fourth-order valence-electron chi connectivity index (χ4n) is 4.62. The summed E-state index contributed by atoms with van der Waals surface area (Å²) in [6, 6.07) is 8.09. The van der Waals surface area contributed by atoms with Crippen molar-refractivity contribution in [2.75, 3.05) is 26.5 Å². The highest BCUT2D eigenvalue weighted by atomic mass is 16.5. The second kappa shape index (κ2) is 7.44. The number of fused-ring (bicyclic) bond motifs is 2. The number of nitrogens with one attached hydrogen (secondary N) is 2. The lowest BCUT2D eigenvalue weighted by Gasteiger charge is -2.45. The van der Waals surface area contributed by atoms with Crippen LogP contribution in [0.15, 0.2) is 36.7 Å². The first-order chi connectivity index (χ1) is 15.4. The van der Waals surface area contributed by atoms with Crippen LogP contribution in [0.2, 0.25) is 0 Å². The molecule has 9 nitrogen and oxygen atoms in total. The van der Waals surface area contributed by atoms with Gasteiger partial charge in [0.15, 0.2) is 0 Å². The minimum Gasteiger partial charge on any atom is -0.480 e. The van der Waals surface area contributed by atoms with E-state index in [4.69, 9.17) is 4.74 Å². The van der Waals surface area contributed by atoms with Crippen LogP contribution in [0.1, 0.15) is 19.8 Å². The van der Waals surface area contributed by atoms with E-state index in [1.54, 1.807) is 32.3 Å². The van der Waals surface area contributed by atoms with Gasteiger partial charge < -0.3 is 19.9 Å².